The van der Waals surface area contributed by atoms with E-state index in [9.17, 15) is 9.59 Å². The van der Waals surface area contributed by atoms with Gasteiger partial charge in [0.15, 0.2) is 0 Å². The van der Waals surface area contributed by atoms with E-state index < -0.39 is 0 Å². The lowest BCUT2D eigenvalue weighted by molar-refractivity contribution is -0.155. The zero-order chi connectivity index (χ0) is 12.8. The SMILES string of the molecule is COC(=O)CCC(=O)OC1C[C@@H](C)C[C@@H](C)C1. The van der Waals surface area contributed by atoms with Crippen molar-refractivity contribution < 1.29 is 19.1 Å². The molecule has 4 heteroatoms. The molecule has 1 fully saturated rings. The quantitative estimate of drug-likeness (QED) is 0.710. The van der Waals surface area contributed by atoms with Crippen molar-refractivity contribution in [1.29, 1.82) is 0 Å². The van der Waals surface area contributed by atoms with Gasteiger partial charge in [0, 0.05) is 0 Å². The third-order valence-corrected chi connectivity index (χ3v) is 3.19. The van der Waals surface area contributed by atoms with Crippen molar-refractivity contribution in [3.8, 4) is 0 Å². The van der Waals surface area contributed by atoms with Crippen molar-refractivity contribution in [3.05, 3.63) is 0 Å². The fourth-order valence-corrected chi connectivity index (χ4v) is 2.52. The number of hydrogen-bond donors (Lipinski definition) is 0. The topological polar surface area (TPSA) is 52.6 Å². The van der Waals surface area contributed by atoms with Crippen molar-refractivity contribution in [2.75, 3.05) is 7.11 Å². The average molecular weight is 242 g/mol. The average Bonchev–Trinajstić information content (AvgIpc) is 2.24. The first-order valence-corrected chi connectivity index (χ1v) is 6.27. The summed E-state index contributed by atoms with van der Waals surface area (Å²) in [5.41, 5.74) is 0. The molecule has 0 radical (unpaired) electrons. The van der Waals surface area contributed by atoms with Gasteiger partial charge in [-0.25, -0.2) is 0 Å². The molecule has 1 unspecified atom stereocenters. The van der Waals surface area contributed by atoms with Gasteiger partial charge in [0.25, 0.3) is 0 Å². The Bertz CT molecular complexity index is 265. The Kier molecular flexibility index (Phi) is 5.45. The second-order valence-electron chi connectivity index (χ2n) is 5.11. The van der Waals surface area contributed by atoms with Crippen LogP contribution >= 0.6 is 0 Å². The molecule has 0 heterocycles. The third-order valence-electron chi connectivity index (χ3n) is 3.19. The van der Waals surface area contributed by atoms with Crippen molar-refractivity contribution in [2.24, 2.45) is 11.8 Å². The van der Waals surface area contributed by atoms with Crippen molar-refractivity contribution in [3.63, 3.8) is 0 Å². The number of carbonyl (C=O) groups is 2. The van der Waals surface area contributed by atoms with Crippen LogP contribution in [0.1, 0.15) is 46.0 Å². The minimum Gasteiger partial charge on any atom is -0.469 e. The highest BCUT2D eigenvalue weighted by Crippen LogP contribution is 2.30. The number of carbonyl (C=O) groups excluding carboxylic acids is 2. The molecule has 0 aliphatic heterocycles. The first-order chi connectivity index (χ1) is 8.01. The summed E-state index contributed by atoms with van der Waals surface area (Å²) in [6.45, 7) is 4.37. The van der Waals surface area contributed by atoms with Gasteiger partial charge in [-0.15, -0.1) is 0 Å². The Morgan fingerprint density at radius 3 is 2.06 bits per heavy atom. The molecule has 0 aromatic heterocycles. The highest BCUT2D eigenvalue weighted by Gasteiger charge is 2.26. The van der Waals surface area contributed by atoms with E-state index in [1.54, 1.807) is 0 Å². The van der Waals surface area contributed by atoms with E-state index in [-0.39, 0.29) is 30.9 Å². The number of rotatable bonds is 4. The molecule has 1 rings (SSSR count). The lowest BCUT2D eigenvalue weighted by Gasteiger charge is -2.30. The fourth-order valence-electron chi connectivity index (χ4n) is 2.52. The van der Waals surface area contributed by atoms with Crippen LogP contribution in [0.5, 0.6) is 0 Å². The minimum atomic E-state index is -0.368. The normalized spacial score (nSPS) is 28.5. The maximum Gasteiger partial charge on any atom is 0.306 e. The number of methoxy groups -OCH3 is 1. The summed E-state index contributed by atoms with van der Waals surface area (Å²) in [6.07, 6.45) is 3.33. The minimum absolute atomic E-state index is 0.0268. The molecule has 4 nitrogen and oxygen atoms in total. The van der Waals surface area contributed by atoms with Crippen molar-refractivity contribution in [2.45, 2.75) is 52.1 Å². The van der Waals surface area contributed by atoms with Crippen molar-refractivity contribution in [1.82, 2.24) is 0 Å². The van der Waals surface area contributed by atoms with Gasteiger partial charge in [-0.3, -0.25) is 9.59 Å². The Morgan fingerprint density at radius 1 is 1.00 bits per heavy atom. The molecular formula is C13H22O4. The lowest BCUT2D eigenvalue weighted by atomic mass is 9.82. The molecule has 1 aliphatic carbocycles. The van der Waals surface area contributed by atoms with E-state index in [1.165, 1.54) is 13.5 Å². The molecule has 0 aromatic rings. The van der Waals surface area contributed by atoms with E-state index in [2.05, 4.69) is 18.6 Å². The van der Waals surface area contributed by atoms with E-state index in [0.717, 1.165) is 12.8 Å². The molecular weight excluding hydrogens is 220 g/mol. The lowest BCUT2D eigenvalue weighted by Crippen LogP contribution is -2.28. The van der Waals surface area contributed by atoms with E-state index in [0.29, 0.717) is 11.8 Å². The van der Waals surface area contributed by atoms with Crippen LogP contribution in [0.3, 0.4) is 0 Å². The van der Waals surface area contributed by atoms with Crippen LogP contribution in [0.4, 0.5) is 0 Å². The molecule has 1 saturated carbocycles. The summed E-state index contributed by atoms with van der Waals surface area (Å²) in [6, 6.07) is 0. The summed E-state index contributed by atoms with van der Waals surface area (Å²) < 4.78 is 9.86. The summed E-state index contributed by atoms with van der Waals surface area (Å²) in [7, 11) is 1.32. The predicted octanol–water partition coefficient (Wildman–Crippen LogP) is 2.31. The Hall–Kier alpha value is -1.06. The van der Waals surface area contributed by atoms with Crippen LogP contribution in [0.2, 0.25) is 0 Å². The number of ether oxygens (including phenoxy) is 2. The highest BCUT2D eigenvalue weighted by atomic mass is 16.5. The largest absolute Gasteiger partial charge is 0.469 e. The van der Waals surface area contributed by atoms with Gasteiger partial charge in [-0.1, -0.05) is 13.8 Å². The van der Waals surface area contributed by atoms with Crippen LogP contribution in [0, 0.1) is 11.8 Å². The fraction of sp³-hybridized carbons (Fsp3) is 0.846. The van der Waals surface area contributed by atoms with Gasteiger partial charge in [0.05, 0.1) is 20.0 Å². The van der Waals surface area contributed by atoms with Gasteiger partial charge >= 0.3 is 11.9 Å². The molecule has 17 heavy (non-hydrogen) atoms. The zero-order valence-electron chi connectivity index (χ0n) is 10.9. The summed E-state index contributed by atoms with van der Waals surface area (Å²) in [5, 5.41) is 0. The van der Waals surface area contributed by atoms with E-state index in [4.69, 9.17) is 4.74 Å². The maximum absolute atomic E-state index is 11.5. The van der Waals surface area contributed by atoms with Gasteiger partial charge < -0.3 is 9.47 Å². The van der Waals surface area contributed by atoms with Crippen LogP contribution in [-0.2, 0) is 19.1 Å². The molecule has 0 aromatic carbocycles. The first-order valence-electron chi connectivity index (χ1n) is 6.27. The van der Waals surface area contributed by atoms with Gasteiger partial charge in [0.1, 0.15) is 6.10 Å². The molecule has 0 N–H and O–H groups in total. The molecule has 0 spiro atoms. The van der Waals surface area contributed by atoms with Crippen LogP contribution in [-0.4, -0.2) is 25.2 Å². The summed E-state index contributed by atoms with van der Waals surface area (Å²) in [4.78, 5) is 22.4. The van der Waals surface area contributed by atoms with Gasteiger partial charge in [-0.05, 0) is 31.1 Å². The van der Waals surface area contributed by atoms with Gasteiger partial charge in [0.2, 0.25) is 0 Å². The molecule has 98 valence electrons. The standard InChI is InChI=1S/C13H22O4/c1-9-6-10(2)8-11(7-9)17-13(15)5-4-12(14)16-3/h9-11H,4-8H2,1-3H3/t9-,10+,11?. The smallest absolute Gasteiger partial charge is 0.306 e. The second-order valence-corrected chi connectivity index (χ2v) is 5.11. The van der Waals surface area contributed by atoms with E-state index in [1.807, 2.05) is 0 Å². The Balaban J connectivity index is 2.28. The molecule has 0 bridgehead atoms. The Labute approximate surface area is 103 Å². The first kappa shape index (κ1) is 14.0. The van der Waals surface area contributed by atoms with Gasteiger partial charge in [-0.2, -0.15) is 0 Å². The summed E-state index contributed by atoms with van der Waals surface area (Å²) in [5.74, 6) is 0.559. The molecule has 0 saturated heterocycles. The Morgan fingerprint density at radius 2 is 1.53 bits per heavy atom. The predicted molar refractivity (Wildman–Crippen MR) is 63.3 cm³/mol. The highest BCUT2D eigenvalue weighted by molar-refractivity contribution is 5.77. The third kappa shape index (κ3) is 5.20. The zero-order valence-corrected chi connectivity index (χ0v) is 10.9. The van der Waals surface area contributed by atoms with E-state index >= 15 is 0 Å². The number of esters is 2. The maximum atomic E-state index is 11.5. The molecule has 1 aliphatic rings. The summed E-state index contributed by atoms with van der Waals surface area (Å²) >= 11 is 0. The van der Waals surface area contributed by atoms with Crippen LogP contribution < -0.4 is 0 Å². The van der Waals surface area contributed by atoms with Crippen LogP contribution in [0.15, 0.2) is 0 Å². The second kappa shape index (κ2) is 6.62. The van der Waals surface area contributed by atoms with Crippen molar-refractivity contribution >= 4 is 11.9 Å². The van der Waals surface area contributed by atoms with Crippen LogP contribution in [0.25, 0.3) is 0 Å². The number of hydrogen-bond acceptors (Lipinski definition) is 4. The molecule has 3 atom stereocenters. The monoisotopic (exact) mass is 242 g/mol. The molecule has 0 amide bonds.